The number of nitrogens with zero attached hydrogens (tertiary/aromatic N) is 6. The van der Waals surface area contributed by atoms with Gasteiger partial charge in [0, 0.05) is 57.7 Å². The van der Waals surface area contributed by atoms with E-state index in [0.29, 0.717) is 56.4 Å². The molecule has 124 valence electrons. The molecule has 1 fully saturated rings. The molecule has 1 saturated heterocycles. The maximum Gasteiger partial charge on any atom is 0.300 e. The molecule has 8 heteroatoms. The Labute approximate surface area is 138 Å². The number of anilines is 1. The molecule has 4 rings (SSSR count). The minimum atomic E-state index is 0.157. The van der Waals surface area contributed by atoms with Gasteiger partial charge in [0.25, 0.3) is 6.01 Å². The van der Waals surface area contributed by atoms with E-state index < -0.39 is 0 Å². The average Bonchev–Trinajstić information content (AvgIpc) is 3.29. The maximum absolute atomic E-state index is 12.3. The first-order chi connectivity index (χ1) is 11.8. The molecule has 0 aromatic carbocycles. The van der Waals surface area contributed by atoms with Crippen molar-refractivity contribution in [1.29, 1.82) is 0 Å². The van der Waals surface area contributed by atoms with E-state index in [4.69, 9.17) is 4.42 Å². The van der Waals surface area contributed by atoms with Crippen molar-refractivity contribution in [3.05, 3.63) is 36.8 Å². The molecule has 0 bridgehead atoms. The molecule has 0 atom stereocenters. The van der Waals surface area contributed by atoms with Crippen LogP contribution >= 0.6 is 0 Å². The van der Waals surface area contributed by atoms with Gasteiger partial charge in [0.05, 0.1) is 0 Å². The summed E-state index contributed by atoms with van der Waals surface area (Å²) in [6.45, 7) is 3.37. The minimum Gasteiger partial charge on any atom is -0.422 e. The van der Waals surface area contributed by atoms with Crippen LogP contribution in [0.4, 0.5) is 6.01 Å². The second-order valence-corrected chi connectivity index (χ2v) is 5.71. The molecule has 3 aromatic heterocycles. The van der Waals surface area contributed by atoms with E-state index in [1.54, 1.807) is 17.1 Å². The summed E-state index contributed by atoms with van der Waals surface area (Å²) in [5.74, 6) is 0.157. The molecule has 0 spiro atoms. The lowest BCUT2D eigenvalue weighted by molar-refractivity contribution is -0.131. The maximum atomic E-state index is 12.3. The number of rotatable bonds is 4. The lowest BCUT2D eigenvalue weighted by Crippen LogP contribution is -2.49. The smallest absolute Gasteiger partial charge is 0.300 e. The second kappa shape index (κ2) is 6.31. The molecule has 0 aliphatic carbocycles. The largest absolute Gasteiger partial charge is 0.422 e. The molecule has 1 aliphatic rings. The van der Waals surface area contributed by atoms with Gasteiger partial charge in [-0.25, -0.2) is 4.98 Å². The minimum absolute atomic E-state index is 0.157. The molecule has 0 N–H and O–H groups in total. The van der Waals surface area contributed by atoms with Gasteiger partial charge in [0.1, 0.15) is 0 Å². The summed E-state index contributed by atoms with van der Waals surface area (Å²) in [7, 11) is 0. The zero-order valence-electron chi connectivity index (χ0n) is 13.2. The Bertz CT molecular complexity index is 787. The quantitative estimate of drug-likeness (QED) is 0.716. The summed E-state index contributed by atoms with van der Waals surface area (Å²) in [6, 6.07) is 6.12. The van der Waals surface area contributed by atoms with Crippen molar-refractivity contribution < 1.29 is 9.21 Å². The zero-order valence-corrected chi connectivity index (χ0v) is 13.2. The molecule has 8 nitrogen and oxygen atoms in total. The number of piperazine rings is 1. The van der Waals surface area contributed by atoms with Crippen LogP contribution in [0.2, 0.25) is 0 Å². The van der Waals surface area contributed by atoms with Crippen molar-refractivity contribution in [1.82, 2.24) is 24.6 Å². The SMILES string of the molecule is O=C(CCn1cccn1)N1CCN(c2nc3ncccc3o2)CC1. The fourth-order valence-electron chi connectivity index (χ4n) is 2.84. The number of carbonyl (C=O) groups is 1. The van der Waals surface area contributed by atoms with Gasteiger partial charge in [-0.1, -0.05) is 0 Å². The van der Waals surface area contributed by atoms with Gasteiger partial charge in [-0.05, 0) is 18.2 Å². The van der Waals surface area contributed by atoms with Gasteiger partial charge in [0.15, 0.2) is 5.58 Å². The molecule has 1 aliphatic heterocycles. The summed E-state index contributed by atoms with van der Waals surface area (Å²) in [5, 5.41) is 4.12. The lowest BCUT2D eigenvalue weighted by atomic mass is 10.3. The predicted octanol–water partition coefficient (Wildman–Crippen LogP) is 1.16. The topological polar surface area (TPSA) is 80.3 Å². The molecular weight excluding hydrogens is 308 g/mol. The Morgan fingerprint density at radius 1 is 1.17 bits per heavy atom. The summed E-state index contributed by atoms with van der Waals surface area (Å²) in [4.78, 5) is 24.8. The highest BCUT2D eigenvalue weighted by molar-refractivity contribution is 5.76. The number of hydrogen-bond donors (Lipinski definition) is 0. The Kier molecular flexibility index (Phi) is 3.86. The predicted molar refractivity (Wildman–Crippen MR) is 87.4 cm³/mol. The molecule has 0 saturated carbocycles. The van der Waals surface area contributed by atoms with E-state index in [9.17, 15) is 4.79 Å². The Morgan fingerprint density at radius 3 is 2.79 bits per heavy atom. The van der Waals surface area contributed by atoms with E-state index in [-0.39, 0.29) is 5.91 Å². The van der Waals surface area contributed by atoms with Crippen LogP contribution < -0.4 is 4.90 Å². The number of carbonyl (C=O) groups excluding carboxylic acids is 1. The second-order valence-electron chi connectivity index (χ2n) is 5.71. The monoisotopic (exact) mass is 326 g/mol. The summed E-state index contributed by atoms with van der Waals surface area (Å²) < 4.78 is 7.51. The van der Waals surface area contributed by atoms with Gasteiger partial charge in [-0.15, -0.1) is 0 Å². The normalized spacial score (nSPS) is 15.2. The highest BCUT2D eigenvalue weighted by atomic mass is 16.4. The number of hydrogen-bond acceptors (Lipinski definition) is 6. The molecule has 1 amide bonds. The van der Waals surface area contributed by atoms with Gasteiger partial charge >= 0.3 is 0 Å². The molecular formula is C16H18N6O2. The van der Waals surface area contributed by atoms with Crippen molar-refractivity contribution in [3.8, 4) is 0 Å². The van der Waals surface area contributed by atoms with E-state index >= 15 is 0 Å². The third kappa shape index (κ3) is 2.94. The standard InChI is InChI=1S/C16H18N6O2/c23-14(4-8-22-7-2-6-18-22)20-9-11-21(12-10-20)16-19-15-13(24-16)3-1-5-17-15/h1-3,5-7H,4,8-12H2. The van der Waals surface area contributed by atoms with Crippen LogP contribution in [0.15, 0.2) is 41.2 Å². The first kappa shape index (κ1) is 14.7. The third-order valence-corrected chi connectivity index (χ3v) is 4.17. The first-order valence-electron chi connectivity index (χ1n) is 8.01. The fourth-order valence-corrected chi connectivity index (χ4v) is 2.84. The number of aromatic nitrogens is 4. The molecule has 4 heterocycles. The van der Waals surface area contributed by atoms with E-state index in [1.807, 2.05) is 29.3 Å². The number of aryl methyl sites for hydroxylation is 1. The third-order valence-electron chi connectivity index (χ3n) is 4.17. The van der Waals surface area contributed by atoms with Gasteiger partial charge in [0.2, 0.25) is 11.6 Å². The summed E-state index contributed by atoms with van der Waals surface area (Å²) >= 11 is 0. The lowest BCUT2D eigenvalue weighted by Gasteiger charge is -2.33. The van der Waals surface area contributed by atoms with Crippen LogP contribution in [-0.2, 0) is 11.3 Å². The van der Waals surface area contributed by atoms with Crippen LogP contribution in [0.1, 0.15) is 6.42 Å². The van der Waals surface area contributed by atoms with E-state index in [0.717, 1.165) is 0 Å². The zero-order chi connectivity index (χ0) is 16.4. The van der Waals surface area contributed by atoms with Crippen molar-refractivity contribution in [2.75, 3.05) is 31.1 Å². The van der Waals surface area contributed by atoms with Crippen LogP contribution in [0, 0.1) is 0 Å². The van der Waals surface area contributed by atoms with E-state index in [1.165, 1.54) is 0 Å². The first-order valence-corrected chi connectivity index (χ1v) is 8.01. The summed E-state index contributed by atoms with van der Waals surface area (Å²) in [5.41, 5.74) is 1.30. The fraction of sp³-hybridized carbons (Fsp3) is 0.375. The van der Waals surface area contributed by atoms with Gasteiger partial charge in [-0.2, -0.15) is 10.1 Å². The Morgan fingerprint density at radius 2 is 2.04 bits per heavy atom. The van der Waals surface area contributed by atoms with Crippen molar-refractivity contribution >= 4 is 23.2 Å². The number of amides is 1. The number of oxazole rings is 1. The van der Waals surface area contributed by atoms with Gasteiger partial charge in [-0.3, -0.25) is 9.48 Å². The van der Waals surface area contributed by atoms with Crippen molar-refractivity contribution in [3.63, 3.8) is 0 Å². The number of pyridine rings is 1. The molecule has 0 radical (unpaired) electrons. The van der Waals surface area contributed by atoms with Crippen molar-refractivity contribution in [2.45, 2.75) is 13.0 Å². The highest BCUT2D eigenvalue weighted by Crippen LogP contribution is 2.21. The van der Waals surface area contributed by atoms with Crippen LogP contribution in [0.25, 0.3) is 11.2 Å². The van der Waals surface area contributed by atoms with Gasteiger partial charge < -0.3 is 14.2 Å². The molecule has 24 heavy (non-hydrogen) atoms. The van der Waals surface area contributed by atoms with Crippen LogP contribution in [0.5, 0.6) is 0 Å². The van der Waals surface area contributed by atoms with E-state index in [2.05, 4.69) is 20.0 Å². The molecule has 3 aromatic rings. The Hall–Kier alpha value is -2.90. The van der Waals surface area contributed by atoms with Crippen LogP contribution in [-0.4, -0.2) is 56.7 Å². The number of fused-ring (bicyclic) bond motifs is 1. The average molecular weight is 326 g/mol. The summed E-state index contributed by atoms with van der Waals surface area (Å²) in [6.07, 6.45) is 5.75. The molecule has 0 unspecified atom stereocenters. The van der Waals surface area contributed by atoms with Crippen LogP contribution in [0.3, 0.4) is 0 Å². The Balaban J connectivity index is 1.33. The van der Waals surface area contributed by atoms with Crippen molar-refractivity contribution in [2.24, 2.45) is 0 Å². The highest BCUT2D eigenvalue weighted by Gasteiger charge is 2.24.